The standard InChI is InChI=1S/C19H31BrOSi/c1-19(2,3)22(4,5)21-18(15-9-7-6-8-10-15)16-11-13-17(20)14-12-16/h11-15,18H,6-10H2,1-5H3/t18-/m0/s1. The summed E-state index contributed by atoms with van der Waals surface area (Å²) < 4.78 is 8.04. The van der Waals surface area contributed by atoms with Gasteiger partial charge in [-0.05, 0) is 54.6 Å². The van der Waals surface area contributed by atoms with E-state index in [1.165, 1.54) is 37.7 Å². The fourth-order valence-electron chi connectivity index (χ4n) is 3.02. The number of benzene rings is 1. The number of hydrogen-bond acceptors (Lipinski definition) is 1. The molecule has 22 heavy (non-hydrogen) atoms. The van der Waals surface area contributed by atoms with E-state index in [1.54, 1.807) is 0 Å². The van der Waals surface area contributed by atoms with Crippen LogP contribution < -0.4 is 0 Å². The predicted molar refractivity (Wildman–Crippen MR) is 102 cm³/mol. The van der Waals surface area contributed by atoms with Crippen molar-refractivity contribution in [2.75, 3.05) is 0 Å². The fraction of sp³-hybridized carbons (Fsp3) is 0.684. The van der Waals surface area contributed by atoms with Gasteiger partial charge in [-0.1, -0.05) is 68.1 Å². The Kier molecular flexibility index (Phi) is 5.95. The molecule has 1 nitrogen and oxygen atoms in total. The molecule has 1 aromatic carbocycles. The Balaban J connectivity index is 2.27. The average Bonchev–Trinajstić information content (AvgIpc) is 2.46. The Morgan fingerprint density at radius 2 is 1.59 bits per heavy atom. The molecule has 0 aliphatic heterocycles. The summed E-state index contributed by atoms with van der Waals surface area (Å²) in [6.45, 7) is 11.7. The molecule has 1 aliphatic rings. The molecule has 1 fully saturated rings. The smallest absolute Gasteiger partial charge is 0.192 e. The molecule has 0 saturated heterocycles. The molecule has 0 spiro atoms. The lowest BCUT2D eigenvalue weighted by atomic mass is 9.83. The van der Waals surface area contributed by atoms with Crippen LogP contribution in [0.4, 0.5) is 0 Å². The Morgan fingerprint density at radius 1 is 1.05 bits per heavy atom. The summed E-state index contributed by atoms with van der Waals surface area (Å²) in [5.74, 6) is 0.684. The summed E-state index contributed by atoms with van der Waals surface area (Å²) in [4.78, 5) is 0. The maximum Gasteiger partial charge on any atom is 0.192 e. The van der Waals surface area contributed by atoms with Gasteiger partial charge in [0.2, 0.25) is 0 Å². The second kappa shape index (κ2) is 7.19. The van der Waals surface area contributed by atoms with Gasteiger partial charge in [0.05, 0.1) is 6.10 Å². The minimum absolute atomic E-state index is 0.259. The van der Waals surface area contributed by atoms with Gasteiger partial charge in [0.1, 0.15) is 0 Å². The van der Waals surface area contributed by atoms with Crippen LogP contribution in [0.25, 0.3) is 0 Å². The molecule has 0 amide bonds. The zero-order valence-electron chi connectivity index (χ0n) is 14.8. The van der Waals surface area contributed by atoms with E-state index < -0.39 is 8.32 Å². The Labute approximate surface area is 146 Å². The zero-order valence-corrected chi connectivity index (χ0v) is 17.4. The van der Waals surface area contributed by atoms with Crippen LogP contribution in [0.2, 0.25) is 18.1 Å². The molecule has 0 aromatic heterocycles. The SMILES string of the molecule is CC(C)(C)[Si](C)(C)O[C@H](c1ccc(Br)cc1)C1CCCCC1. The first-order chi connectivity index (χ1) is 10.2. The summed E-state index contributed by atoms with van der Waals surface area (Å²) in [6, 6.07) is 8.80. The fourth-order valence-corrected chi connectivity index (χ4v) is 4.60. The maximum absolute atomic E-state index is 6.89. The lowest BCUT2D eigenvalue weighted by molar-refractivity contribution is 0.0937. The molecule has 1 atom stereocenters. The third kappa shape index (κ3) is 4.45. The van der Waals surface area contributed by atoms with Crippen LogP contribution in [0.5, 0.6) is 0 Å². The maximum atomic E-state index is 6.89. The molecule has 0 N–H and O–H groups in total. The van der Waals surface area contributed by atoms with E-state index in [-0.39, 0.29) is 11.1 Å². The van der Waals surface area contributed by atoms with Crippen LogP contribution in [0.15, 0.2) is 28.7 Å². The molecule has 1 aliphatic carbocycles. The van der Waals surface area contributed by atoms with Gasteiger partial charge in [0.15, 0.2) is 8.32 Å². The summed E-state index contributed by atoms with van der Waals surface area (Å²) >= 11 is 3.55. The van der Waals surface area contributed by atoms with Gasteiger partial charge in [0, 0.05) is 4.47 Å². The van der Waals surface area contributed by atoms with Crippen LogP contribution in [-0.4, -0.2) is 8.32 Å². The second-order valence-corrected chi connectivity index (χ2v) is 13.9. The molecule has 0 radical (unpaired) electrons. The first-order valence-corrected chi connectivity index (χ1v) is 12.3. The van der Waals surface area contributed by atoms with Crippen molar-refractivity contribution in [1.29, 1.82) is 0 Å². The van der Waals surface area contributed by atoms with Crippen molar-refractivity contribution in [3.05, 3.63) is 34.3 Å². The van der Waals surface area contributed by atoms with Crippen LogP contribution in [0.3, 0.4) is 0 Å². The Bertz CT molecular complexity index is 469. The molecule has 1 aromatic rings. The van der Waals surface area contributed by atoms with E-state index in [0.717, 1.165) is 4.47 Å². The van der Waals surface area contributed by atoms with E-state index in [1.807, 2.05) is 0 Å². The molecule has 0 bridgehead atoms. The number of rotatable bonds is 4. The van der Waals surface area contributed by atoms with Crippen LogP contribution >= 0.6 is 15.9 Å². The number of halogens is 1. The summed E-state index contributed by atoms with van der Waals surface area (Å²) in [7, 11) is -1.76. The van der Waals surface area contributed by atoms with Crippen molar-refractivity contribution in [1.82, 2.24) is 0 Å². The van der Waals surface area contributed by atoms with Crippen molar-refractivity contribution >= 4 is 24.2 Å². The molecule has 2 rings (SSSR count). The number of hydrogen-bond donors (Lipinski definition) is 0. The van der Waals surface area contributed by atoms with Gasteiger partial charge < -0.3 is 4.43 Å². The summed E-state index contributed by atoms with van der Waals surface area (Å²) in [5.41, 5.74) is 1.36. The Hall–Kier alpha value is -0.123. The topological polar surface area (TPSA) is 9.23 Å². The first-order valence-electron chi connectivity index (χ1n) is 8.64. The van der Waals surface area contributed by atoms with Crippen molar-refractivity contribution < 1.29 is 4.43 Å². The van der Waals surface area contributed by atoms with Crippen molar-refractivity contribution in [3.63, 3.8) is 0 Å². The van der Waals surface area contributed by atoms with Gasteiger partial charge in [-0.25, -0.2) is 0 Å². The lowest BCUT2D eigenvalue weighted by Gasteiger charge is -2.42. The van der Waals surface area contributed by atoms with E-state index in [2.05, 4.69) is 74.1 Å². The average molecular weight is 383 g/mol. The highest BCUT2D eigenvalue weighted by atomic mass is 79.9. The zero-order chi connectivity index (χ0) is 16.4. The second-order valence-electron chi connectivity index (χ2n) is 8.25. The van der Waals surface area contributed by atoms with E-state index in [0.29, 0.717) is 5.92 Å². The highest BCUT2D eigenvalue weighted by Crippen LogP contribution is 2.44. The summed E-state index contributed by atoms with van der Waals surface area (Å²) in [6.07, 6.45) is 7.01. The molecular weight excluding hydrogens is 352 g/mol. The highest BCUT2D eigenvalue weighted by Gasteiger charge is 2.41. The Morgan fingerprint density at radius 3 is 2.09 bits per heavy atom. The lowest BCUT2D eigenvalue weighted by Crippen LogP contribution is -2.43. The van der Waals surface area contributed by atoms with Gasteiger partial charge in [0.25, 0.3) is 0 Å². The van der Waals surface area contributed by atoms with Gasteiger partial charge >= 0.3 is 0 Å². The molecule has 124 valence electrons. The first kappa shape index (κ1) is 18.2. The minimum Gasteiger partial charge on any atom is -0.410 e. The monoisotopic (exact) mass is 382 g/mol. The molecule has 0 heterocycles. The van der Waals surface area contributed by atoms with Crippen LogP contribution in [0, 0.1) is 5.92 Å². The van der Waals surface area contributed by atoms with Crippen molar-refractivity contribution in [3.8, 4) is 0 Å². The minimum atomic E-state index is -1.76. The van der Waals surface area contributed by atoms with Gasteiger partial charge in [-0.2, -0.15) is 0 Å². The van der Waals surface area contributed by atoms with Gasteiger partial charge in [-0.3, -0.25) is 0 Å². The van der Waals surface area contributed by atoms with Gasteiger partial charge in [-0.15, -0.1) is 0 Å². The largest absolute Gasteiger partial charge is 0.410 e. The van der Waals surface area contributed by atoms with E-state index >= 15 is 0 Å². The van der Waals surface area contributed by atoms with E-state index in [4.69, 9.17) is 4.43 Å². The third-order valence-electron chi connectivity index (χ3n) is 5.50. The molecule has 3 heteroatoms. The highest BCUT2D eigenvalue weighted by molar-refractivity contribution is 9.10. The van der Waals surface area contributed by atoms with E-state index in [9.17, 15) is 0 Å². The third-order valence-corrected chi connectivity index (χ3v) is 10.5. The van der Waals surface area contributed by atoms with Crippen molar-refractivity contribution in [2.45, 2.75) is 77.1 Å². The normalized spacial score (nSPS) is 19.2. The van der Waals surface area contributed by atoms with Crippen molar-refractivity contribution in [2.24, 2.45) is 5.92 Å². The summed E-state index contributed by atoms with van der Waals surface area (Å²) in [5, 5.41) is 0.259. The molecule has 0 unspecified atom stereocenters. The molecular formula is C19H31BrOSi. The van der Waals surface area contributed by atoms with Crippen LogP contribution in [0.1, 0.15) is 64.5 Å². The quantitative estimate of drug-likeness (QED) is 0.504. The molecule has 1 saturated carbocycles. The predicted octanol–water partition coefficient (Wildman–Crippen LogP) is 7.09. The van der Waals surface area contributed by atoms with Crippen LogP contribution in [-0.2, 0) is 4.43 Å².